The molecule has 7 rings (SSSR count). The molecule has 304 valence electrons. The molecule has 3 saturated heterocycles. The number of rotatable bonds is 9. The normalized spacial score (nSPS) is 30.8. The lowest BCUT2D eigenvalue weighted by atomic mass is 9.81. The molecule has 4 aromatic heterocycles. The Balaban J connectivity index is 0.000000188. The number of imidazole rings is 2. The van der Waals surface area contributed by atoms with Crippen molar-refractivity contribution in [1.82, 2.24) is 39.0 Å². The molecule has 3 aliphatic heterocycles. The monoisotopic (exact) mass is 850 g/mol. The molecule has 0 bridgehead atoms. The maximum atomic E-state index is 12.1. The fourth-order valence-corrected chi connectivity index (χ4v) is 8.18. The summed E-state index contributed by atoms with van der Waals surface area (Å²) in [6.45, 7) is 13.5. The average molecular weight is 852 g/mol. The van der Waals surface area contributed by atoms with Gasteiger partial charge in [0.1, 0.15) is 41.8 Å². The summed E-state index contributed by atoms with van der Waals surface area (Å²) >= 11 is 11.9. The van der Waals surface area contributed by atoms with Crippen LogP contribution < -0.4 is 11.5 Å². The first kappa shape index (κ1) is 42.0. The van der Waals surface area contributed by atoms with E-state index in [0.717, 1.165) is 0 Å². The SMILES string of the molecule is CC1(C)OC[C@@]2(C)C(O1)[C@@H](COP(C)(C)=O)O[C@H]2n1cnc2c(N)nc(Cl)nc21.C[C@]1(CO)C(O)[C@@H](COP(C)(C)=O)O[C@H]1n1cnc2c(N)nc(Cl)nc21. The highest BCUT2D eigenvalue weighted by Gasteiger charge is 2.60. The molecule has 0 radical (unpaired) electrons. The third-order valence-corrected chi connectivity index (χ3v) is 11.6. The number of ether oxygens (including phenoxy) is 4. The Labute approximate surface area is 326 Å². The van der Waals surface area contributed by atoms with Gasteiger partial charge in [0, 0.05) is 26.7 Å². The van der Waals surface area contributed by atoms with Crippen LogP contribution in [0.15, 0.2) is 12.7 Å². The van der Waals surface area contributed by atoms with Crippen LogP contribution in [-0.4, -0.2) is 133 Å². The summed E-state index contributed by atoms with van der Waals surface area (Å²) < 4.78 is 62.6. The van der Waals surface area contributed by atoms with E-state index in [-0.39, 0.29) is 48.1 Å². The fourth-order valence-electron chi connectivity index (χ4n) is 6.82. The fraction of sp³-hybridized carbons (Fsp3) is 0.677. The zero-order valence-electron chi connectivity index (χ0n) is 31.5. The number of halogens is 2. The second-order valence-corrected chi connectivity index (χ2v) is 21.6. The van der Waals surface area contributed by atoms with Gasteiger partial charge in [0.05, 0.1) is 56.0 Å². The van der Waals surface area contributed by atoms with E-state index in [0.29, 0.717) is 28.9 Å². The largest absolute Gasteiger partial charge is 0.396 e. The van der Waals surface area contributed by atoms with E-state index in [1.807, 2.05) is 20.8 Å². The molecule has 8 atom stereocenters. The van der Waals surface area contributed by atoms with Crippen LogP contribution in [0.3, 0.4) is 0 Å². The van der Waals surface area contributed by atoms with Gasteiger partial charge in [-0.3, -0.25) is 18.3 Å². The molecular formula is C31H46Cl2N10O10P2. The molecule has 3 fully saturated rings. The second kappa shape index (κ2) is 15.0. The molecule has 24 heteroatoms. The molecule has 0 aromatic carbocycles. The van der Waals surface area contributed by atoms with Gasteiger partial charge in [-0.1, -0.05) is 13.8 Å². The van der Waals surface area contributed by atoms with Crippen molar-refractivity contribution in [2.75, 3.05) is 64.6 Å². The van der Waals surface area contributed by atoms with Crippen LogP contribution in [0.25, 0.3) is 22.3 Å². The van der Waals surface area contributed by atoms with Crippen molar-refractivity contribution in [3.05, 3.63) is 23.2 Å². The lowest BCUT2D eigenvalue weighted by Gasteiger charge is -2.45. The molecule has 0 aliphatic carbocycles. The molecule has 0 spiro atoms. The van der Waals surface area contributed by atoms with Crippen LogP contribution in [0, 0.1) is 10.8 Å². The van der Waals surface area contributed by atoms with Crippen molar-refractivity contribution in [1.29, 1.82) is 0 Å². The van der Waals surface area contributed by atoms with Crippen molar-refractivity contribution in [3.8, 4) is 0 Å². The number of nitrogens with zero attached hydrogens (tertiary/aromatic N) is 8. The Bertz CT molecular complexity index is 2170. The molecule has 20 nitrogen and oxygen atoms in total. The topological polar surface area (TPSA) is 269 Å². The van der Waals surface area contributed by atoms with Crippen LogP contribution in [-0.2, 0) is 37.1 Å². The molecule has 0 saturated carbocycles. The zero-order valence-corrected chi connectivity index (χ0v) is 34.8. The number of anilines is 2. The molecule has 3 aliphatic rings. The maximum absolute atomic E-state index is 12.1. The van der Waals surface area contributed by atoms with E-state index >= 15 is 0 Å². The summed E-state index contributed by atoms with van der Waals surface area (Å²) in [5.41, 5.74) is 11.6. The van der Waals surface area contributed by atoms with E-state index in [1.165, 1.54) is 24.2 Å². The predicted molar refractivity (Wildman–Crippen MR) is 202 cm³/mol. The molecule has 7 heterocycles. The average Bonchev–Trinajstić information content (AvgIpc) is 3.81. The summed E-state index contributed by atoms with van der Waals surface area (Å²) in [6.07, 6.45) is -1.03. The number of nitrogen functional groups attached to an aromatic ring is 2. The summed E-state index contributed by atoms with van der Waals surface area (Å²) in [5.74, 6) is -0.482. The van der Waals surface area contributed by atoms with Gasteiger partial charge >= 0.3 is 0 Å². The minimum Gasteiger partial charge on any atom is -0.396 e. The molecule has 4 aromatic rings. The second-order valence-electron chi connectivity index (χ2n) is 15.4. The lowest BCUT2D eigenvalue weighted by Crippen LogP contribution is -2.54. The van der Waals surface area contributed by atoms with Crippen molar-refractivity contribution in [2.24, 2.45) is 10.8 Å². The Morgan fingerprint density at radius 1 is 0.836 bits per heavy atom. The van der Waals surface area contributed by atoms with Crippen LogP contribution in [0.5, 0.6) is 0 Å². The van der Waals surface area contributed by atoms with Crippen molar-refractivity contribution in [3.63, 3.8) is 0 Å². The van der Waals surface area contributed by atoms with Crippen LogP contribution in [0.4, 0.5) is 11.6 Å². The van der Waals surface area contributed by atoms with E-state index in [1.54, 1.807) is 31.1 Å². The number of fused-ring (bicyclic) bond motifs is 3. The van der Waals surface area contributed by atoms with E-state index in [4.69, 9.17) is 62.7 Å². The maximum Gasteiger partial charge on any atom is 0.226 e. The van der Waals surface area contributed by atoms with Crippen molar-refractivity contribution in [2.45, 2.75) is 70.4 Å². The highest BCUT2D eigenvalue weighted by molar-refractivity contribution is 7.57. The van der Waals surface area contributed by atoms with E-state index < -0.39 is 62.1 Å². The van der Waals surface area contributed by atoms with Crippen molar-refractivity contribution >= 4 is 71.9 Å². The summed E-state index contributed by atoms with van der Waals surface area (Å²) in [6, 6.07) is 0. The van der Waals surface area contributed by atoms with Gasteiger partial charge in [-0.25, -0.2) is 9.97 Å². The number of aliphatic hydroxyl groups is 2. The molecule has 55 heavy (non-hydrogen) atoms. The number of aliphatic hydroxyl groups excluding tert-OH is 2. The third kappa shape index (κ3) is 8.38. The first-order valence-electron chi connectivity index (χ1n) is 17.1. The van der Waals surface area contributed by atoms with Gasteiger partial charge in [0.2, 0.25) is 10.6 Å². The van der Waals surface area contributed by atoms with Crippen molar-refractivity contribution < 1.29 is 47.3 Å². The number of nitrogens with two attached hydrogens (primary N) is 2. The predicted octanol–water partition coefficient (Wildman–Crippen LogP) is 3.54. The number of hydrogen-bond acceptors (Lipinski definition) is 18. The minimum atomic E-state index is -2.75. The highest BCUT2D eigenvalue weighted by atomic mass is 35.5. The van der Waals surface area contributed by atoms with Gasteiger partial charge in [-0.15, -0.1) is 0 Å². The quantitative estimate of drug-likeness (QED) is 0.138. The zero-order chi connectivity index (χ0) is 40.5. The number of aromatic nitrogens is 8. The van der Waals surface area contributed by atoms with Gasteiger partial charge in [-0.05, 0) is 37.0 Å². The number of hydrogen-bond donors (Lipinski definition) is 4. The van der Waals surface area contributed by atoms with Gasteiger partial charge in [-0.2, -0.15) is 19.9 Å². The van der Waals surface area contributed by atoms with Gasteiger partial charge in [0.25, 0.3) is 0 Å². The molecule has 2 unspecified atom stereocenters. The van der Waals surface area contributed by atoms with Crippen LogP contribution in [0.1, 0.15) is 40.2 Å². The first-order valence-corrected chi connectivity index (χ1v) is 22.9. The van der Waals surface area contributed by atoms with Gasteiger partial charge in [0.15, 0.2) is 43.5 Å². The third-order valence-electron chi connectivity index (χ3n) is 9.68. The molecule has 0 amide bonds. The van der Waals surface area contributed by atoms with E-state index in [9.17, 15) is 19.3 Å². The molecular weight excluding hydrogens is 805 g/mol. The summed E-state index contributed by atoms with van der Waals surface area (Å²) in [7, 11) is -5.45. The van der Waals surface area contributed by atoms with Crippen LogP contribution >= 0.6 is 37.9 Å². The summed E-state index contributed by atoms with van der Waals surface area (Å²) in [5, 5.41) is 20.6. The first-order chi connectivity index (χ1) is 25.5. The minimum absolute atomic E-state index is 0.0199. The highest BCUT2D eigenvalue weighted by Crippen LogP contribution is 2.53. The molecule has 6 N–H and O–H groups in total. The smallest absolute Gasteiger partial charge is 0.226 e. The Kier molecular flexibility index (Phi) is 11.4. The standard InChI is InChI=1S/C17H25ClN5O5P.C14H21ClN5O5P/c1-16(2)25-7-17(3)11(28-16)9(6-26-29(4,5)24)27-14(17)23-8-20-10-12(19)21-15(18)22-13(10)23;1-14(5-21)9(22)7(4-24-26(2,3)23)25-12(14)20-6-17-8-10(16)18-13(15)19-11(8)20/h8-9,11,14H,6-7H2,1-5H3,(H2,19,21,22);6-7,9,12,21-22H,4-5H2,1-3H3,(H2,16,18,19)/t9-,11?,14-,17+;7-,9?,12-,14+/m11/s1. The van der Waals surface area contributed by atoms with E-state index in [2.05, 4.69) is 29.9 Å². The van der Waals surface area contributed by atoms with Crippen LogP contribution in [0.2, 0.25) is 10.6 Å². The Morgan fingerprint density at radius 2 is 1.31 bits per heavy atom. The Hall–Kier alpha value is -2.58. The van der Waals surface area contributed by atoms with Gasteiger partial charge < -0.3 is 49.7 Å². The summed E-state index contributed by atoms with van der Waals surface area (Å²) in [4.78, 5) is 24.7. The Morgan fingerprint density at radius 3 is 1.80 bits per heavy atom. The lowest BCUT2D eigenvalue weighted by molar-refractivity contribution is -0.314.